The molecule has 2 aromatic rings. The number of hydrogen-bond acceptors (Lipinski definition) is 2. The number of nitrogens with one attached hydrogen (secondary N) is 1. The summed E-state index contributed by atoms with van der Waals surface area (Å²) in [5, 5.41) is 5.31. The fourth-order valence-electron chi connectivity index (χ4n) is 2.08. The predicted molar refractivity (Wildman–Crippen MR) is 75.7 cm³/mol. The zero-order valence-corrected chi connectivity index (χ0v) is 12.1. The highest BCUT2D eigenvalue weighted by Crippen LogP contribution is 2.31. The molecule has 20 heavy (non-hydrogen) atoms. The van der Waals surface area contributed by atoms with E-state index < -0.39 is 11.7 Å². The first kappa shape index (κ1) is 15.1. The van der Waals surface area contributed by atoms with E-state index in [9.17, 15) is 13.2 Å². The molecule has 0 fully saturated rings. The fraction of sp³-hybridized carbons (Fsp3) is 0.333. The van der Waals surface area contributed by atoms with Gasteiger partial charge in [-0.1, -0.05) is 18.2 Å². The van der Waals surface area contributed by atoms with Gasteiger partial charge in [-0.3, -0.25) is 0 Å². The van der Waals surface area contributed by atoms with E-state index >= 15 is 0 Å². The summed E-state index contributed by atoms with van der Waals surface area (Å²) in [6.45, 7) is 3.88. The van der Waals surface area contributed by atoms with Crippen molar-refractivity contribution in [1.29, 1.82) is 0 Å². The van der Waals surface area contributed by atoms with E-state index in [1.807, 2.05) is 31.4 Å². The molecule has 0 bridgehead atoms. The molecule has 1 nitrogen and oxygen atoms in total. The Morgan fingerprint density at radius 1 is 1.05 bits per heavy atom. The average Bonchev–Trinajstić information content (AvgIpc) is 2.91. The zero-order valence-electron chi connectivity index (χ0n) is 11.2. The third kappa shape index (κ3) is 3.61. The molecule has 2 unspecified atom stereocenters. The zero-order chi connectivity index (χ0) is 14.8. The first-order valence-corrected chi connectivity index (χ1v) is 7.22. The minimum Gasteiger partial charge on any atom is -0.303 e. The van der Waals surface area contributed by atoms with Crippen molar-refractivity contribution in [3.8, 4) is 0 Å². The summed E-state index contributed by atoms with van der Waals surface area (Å²) in [7, 11) is 0. The second-order valence-corrected chi connectivity index (χ2v) is 5.73. The van der Waals surface area contributed by atoms with Crippen molar-refractivity contribution in [2.45, 2.75) is 32.1 Å². The molecule has 2 rings (SSSR count). The summed E-state index contributed by atoms with van der Waals surface area (Å²) < 4.78 is 38.1. The molecule has 1 N–H and O–H groups in total. The predicted octanol–water partition coefficient (Wildman–Crippen LogP) is 5.18. The number of rotatable bonds is 4. The van der Waals surface area contributed by atoms with Crippen molar-refractivity contribution >= 4 is 11.3 Å². The Balaban J connectivity index is 2.11. The maximum Gasteiger partial charge on any atom is 0.416 e. The van der Waals surface area contributed by atoms with E-state index in [0.717, 1.165) is 6.07 Å². The van der Waals surface area contributed by atoms with Gasteiger partial charge in [0, 0.05) is 17.0 Å². The lowest BCUT2D eigenvalue weighted by Crippen LogP contribution is -2.22. The van der Waals surface area contributed by atoms with Crippen molar-refractivity contribution < 1.29 is 13.2 Å². The minimum atomic E-state index is -4.30. The Morgan fingerprint density at radius 2 is 1.80 bits per heavy atom. The van der Waals surface area contributed by atoms with Crippen LogP contribution in [0.15, 0.2) is 41.8 Å². The molecule has 1 heterocycles. The molecule has 0 saturated carbocycles. The largest absolute Gasteiger partial charge is 0.416 e. The second-order valence-electron chi connectivity index (χ2n) is 4.75. The lowest BCUT2D eigenvalue weighted by Gasteiger charge is -2.20. The molecule has 0 aliphatic heterocycles. The molecule has 0 amide bonds. The van der Waals surface area contributed by atoms with Crippen molar-refractivity contribution in [3.05, 3.63) is 57.8 Å². The van der Waals surface area contributed by atoms with Crippen LogP contribution >= 0.6 is 11.3 Å². The lowest BCUT2D eigenvalue weighted by molar-refractivity contribution is -0.137. The quantitative estimate of drug-likeness (QED) is 0.820. The van der Waals surface area contributed by atoms with Crippen LogP contribution < -0.4 is 5.32 Å². The van der Waals surface area contributed by atoms with Gasteiger partial charge in [0.15, 0.2) is 0 Å². The number of thiophene rings is 1. The second kappa shape index (κ2) is 5.97. The van der Waals surface area contributed by atoms with Gasteiger partial charge in [0.2, 0.25) is 0 Å². The number of alkyl halides is 3. The first-order chi connectivity index (χ1) is 9.38. The van der Waals surface area contributed by atoms with Gasteiger partial charge in [0.05, 0.1) is 5.56 Å². The third-order valence-electron chi connectivity index (χ3n) is 3.18. The van der Waals surface area contributed by atoms with E-state index in [0.29, 0.717) is 5.56 Å². The van der Waals surface area contributed by atoms with Gasteiger partial charge in [0.1, 0.15) is 0 Å². The summed E-state index contributed by atoms with van der Waals surface area (Å²) in [6.07, 6.45) is -4.30. The van der Waals surface area contributed by atoms with Crippen LogP contribution in [-0.4, -0.2) is 0 Å². The van der Waals surface area contributed by atoms with Crippen molar-refractivity contribution in [1.82, 2.24) is 5.32 Å². The van der Waals surface area contributed by atoms with Gasteiger partial charge >= 0.3 is 6.18 Å². The standard InChI is InChI=1S/C15H16F3NS/c1-10(19-11(2)14-7-4-8-20-14)12-5-3-6-13(9-12)15(16,17)18/h3-11,19H,1-2H3. The molecule has 0 radical (unpaired) electrons. The molecule has 0 saturated heterocycles. The molecule has 1 aromatic heterocycles. The van der Waals surface area contributed by atoms with Gasteiger partial charge < -0.3 is 5.32 Å². The molecule has 108 valence electrons. The monoisotopic (exact) mass is 299 g/mol. The van der Waals surface area contributed by atoms with E-state index in [-0.39, 0.29) is 12.1 Å². The maximum absolute atomic E-state index is 12.7. The summed E-state index contributed by atoms with van der Waals surface area (Å²) in [6, 6.07) is 9.42. The molecule has 0 spiro atoms. The Morgan fingerprint density at radius 3 is 2.40 bits per heavy atom. The lowest BCUT2D eigenvalue weighted by atomic mass is 10.0. The molecule has 5 heteroatoms. The van der Waals surface area contributed by atoms with Gasteiger partial charge in [-0.05, 0) is 43.0 Å². The van der Waals surface area contributed by atoms with Crippen LogP contribution in [0.25, 0.3) is 0 Å². The summed E-state index contributed by atoms with van der Waals surface area (Å²) in [4.78, 5) is 1.17. The number of hydrogen-bond donors (Lipinski definition) is 1. The normalized spacial score (nSPS) is 15.1. The van der Waals surface area contributed by atoms with E-state index in [1.165, 1.54) is 17.0 Å². The third-order valence-corrected chi connectivity index (χ3v) is 4.24. The Kier molecular flexibility index (Phi) is 4.50. The Bertz CT molecular complexity index is 548. The molecule has 0 aliphatic carbocycles. The molecule has 0 aliphatic rings. The Hall–Kier alpha value is -1.33. The Labute approximate surface area is 120 Å². The molecule has 1 aromatic carbocycles. The van der Waals surface area contributed by atoms with E-state index in [2.05, 4.69) is 5.32 Å². The van der Waals surface area contributed by atoms with Crippen LogP contribution in [0.2, 0.25) is 0 Å². The topological polar surface area (TPSA) is 12.0 Å². The molecular formula is C15H16F3NS. The van der Waals surface area contributed by atoms with Crippen LogP contribution in [0.3, 0.4) is 0 Å². The van der Waals surface area contributed by atoms with Crippen molar-refractivity contribution in [3.63, 3.8) is 0 Å². The molecular weight excluding hydrogens is 283 g/mol. The summed E-state index contributed by atoms with van der Waals surface area (Å²) >= 11 is 1.63. The van der Waals surface area contributed by atoms with Gasteiger partial charge in [-0.2, -0.15) is 13.2 Å². The minimum absolute atomic E-state index is 0.111. The van der Waals surface area contributed by atoms with Crippen LogP contribution in [0.1, 0.15) is 41.9 Å². The van der Waals surface area contributed by atoms with Crippen molar-refractivity contribution in [2.24, 2.45) is 0 Å². The smallest absolute Gasteiger partial charge is 0.303 e. The first-order valence-electron chi connectivity index (χ1n) is 6.34. The fourth-order valence-corrected chi connectivity index (χ4v) is 2.82. The summed E-state index contributed by atoms with van der Waals surface area (Å²) in [5.74, 6) is 0. The highest BCUT2D eigenvalue weighted by Gasteiger charge is 2.30. The van der Waals surface area contributed by atoms with E-state index in [4.69, 9.17) is 0 Å². The SMILES string of the molecule is CC(NC(C)c1cccs1)c1cccc(C(F)(F)F)c1. The van der Waals surface area contributed by atoms with Gasteiger partial charge in [-0.25, -0.2) is 0 Å². The van der Waals surface area contributed by atoms with E-state index in [1.54, 1.807) is 17.4 Å². The van der Waals surface area contributed by atoms with Crippen LogP contribution in [-0.2, 0) is 6.18 Å². The van der Waals surface area contributed by atoms with Crippen molar-refractivity contribution in [2.75, 3.05) is 0 Å². The van der Waals surface area contributed by atoms with Crippen LogP contribution in [0.5, 0.6) is 0 Å². The number of benzene rings is 1. The maximum atomic E-state index is 12.7. The summed E-state index contributed by atoms with van der Waals surface area (Å²) in [5.41, 5.74) is 0.0376. The molecule has 2 atom stereocenters. The highest BCUT2D eigenvalue weighted by atomic mass is 32.1. The van der Waals surface area contributed by atoms with Gasteiger partial charge in [-0.15, -0.1) is 11.3 Å². The van der Waals surface area contributed by atoms with Crippen LogP contribution in [0, 0.1) is 0 Å². The average molecular weight is 299 g/mol. The number of halogens is 3. The van der Waals surface area contributed by atoms with Gasteiger partial charge in [0.25, 0.3) is 0 Å². The van der Waals surface area contributed by atoms with Crippen LogP contribution in [0.4, 0.5) is 13.2 Å². The highest BCUT2D eigenvalue weighted by molar-refractivity contribution is 7.10.